The van der Waals surface area contributed by atoms with E-state index in [1.807, 2.05) is 0 Å². The SMILES string of the molecule is Cc1cccc(N(c2ccccc2)c2cccc(N(c3ccccc3)c3cccc(C)c3)c2)c1. The fraction of sp³-hybridized carbons (Fsp3) is 0.0625. The minimum atomic E-state index is 1.11. The van der Waals surface area contributed by atoms with Gasteiger partial charge >= 0.3 is 0 Å². The molecule has 0 radical (unpaired) electrons. The Labute approximate surface area is 202 Å². The second-order valence-electron chi connectivity index (χ2n) is 8.54. The van der Waals surface area contributed by atoms with Gasteiger partial charge in [0.25, 0.3) is 0 Å². The van der Waals surface area contributed by atoms with Gasteiger partial charge in [0.05, 0.1) is 0 Å². The summed E-state index contributed by atoms with van der Waals surface area (Å²) in [6.07, 6.45) is 0. The monoisotopic (exact) mass is 440 g/mol. The van der Waals surface area contributed by atoms with Crippen molar-refractivity contribution in [1.82, 2.24) is 0 Å². The van der Waals surface area contributed by atoms with Crippen molar-refractivity contribution < 1.29 is 0 Å². The Balaban J connectivity index is 1.67. The van der Waals surface area contributed by atoms with Crippen molar-refractivity contribution in [1.29, 1.82) is 0 Å². The second-order valence-corrected chi connectivity index (χ2v) is 8.54. The Morgan fingerprint density at radius 1 is 0.324 bits per heavy atom. The molecule has 5 aromatic rings. The second kappa shape index (κ2) is 9.68. The smallest absolute Gasteiger partial charge is 0.0482 e. The molecular formula is C32H28N2. The van der Waals surface area contributed by atoms with Crippen LogP contribution in [0.25, 0.3) is 0 Å². The molecule has 2 heteroatoms. The molecule has 0 unspecified atom stereocenters. The van der Waals surface area contributed by atoms with Crippen LogP contribution in [-0.2, 0) is 0 Å². The molecule has 0 heterocycles. The van der Waals surface area contributed by atoms with Gasteiger partial charge in [-0.05, 0) is 91.7 Å². The number of rotatable bonds is 6. The zero-order valence-electron chi connectivity index (χ0n) is 19.6. The van der Waals surface area contributed by atoms with Gasteiger partial charge in [-0.2, -0.15) is 0 Å². The molecule has 0 amide bonds. The third-order valence-corrected chi connectivity index (χ3v) is 5.89. The van der Waals surface area contributed by atoms with Crippen molar-refractivity contribution in [2.75, 3.05) is 9.80 Å². The van der Waals surface area contributed by atoms with Crippen LogP contribution in [0, 0.1) is 13.8 Å². The van der Waals surface area contributed by atoms with Gasteiger partial charge in [-0.1, -0.05) is 66.7 Å². The average molecular weight is 441 g/mol. The van der Waals surface area contributed by atoms with Crippen molar-refractivity contribution in [2.24, 2.45) is 0 Å². The summed E-state index contributed by atoms with van der Waals surface area (Å²) in [6.45, 7) is 4.27. The molecule has 0 fully saturated rings. The Hall–Kier alpha value is -4.30. The fourth-order valence-electron chi connectivity index (χ4n) is 4.35. The lowest BCUT2D eigenvalue weighted by molar-refractivity contribution is 1.24. The largest absolute Gasteiger partial charge is 0.310 e. The number of hydrogen-bond acceptors (Lipinski definition) is 2. The summed E-state index contributed by atoms with van der Waals surface area (Å²) in [5.74, 6) is 0. The van der Waals surface area contributed by atoms with Crippen LogP contribution in [0.2, 0.25) is 0 Å². The first-order valence-corrected chi connectivity index (χ1v) is 11.6. The number of aryl methyl sites for hydroxylation is 2. The van der Waals surface area contributed by atoms with E-state index in [-0.39, 0.29) is 0 Å². The Morgan fingerprint density at radius 2 is 0.647 bits per heavy atom. The number of anilines is 6. The minimum Gasteiger partial charge on any atom is -0.310 e. The number of hydrogen-bond donors (Lipinski definition) is 0. The molecule has 166 valence electrons. The normalized spacial score (nSPS) is 10.6. The Bertz CT molecular complexity index is 1270. The Kier molecular flexibility index (Phi) is 6.13. The molecular weight excluding hydrogens is 412 g/mol. The minimum absolute atomic E-state index is 1.11. The van der Waals surface area contributed by atoms with Crippen LogP contribution >= 0.6 is 0 Å². The summed E-state index contributed by atoms with van der Waals surface area (Å²) in [5, 5.41) is 0. The highest BCUT2D eigenvalue weighted by atomic mass is 15.2. The standard InChI is InChI=1S/C32H28N2/c1-25-12-9-18-29(22-25)33(27-14-5-3-6-15-27)31-20-11-21-32(24-31)34(28-16-7-4-8-17-28)30-19-10-13-26(2)23-30/h3-24H,1-2H3. The van der Waals surface area contributed by atoms with Crippen LogP contribution in [0.3, 0.4) is 0 Å². The summed E-state index contributed by atoms with van der Waals surface area (Å²) in [5.41, 5.74) is 9.25. The van der Waals surface area contributed by atoms with Crippen molar-refractivity contribution >= 4 is 34.1 Å². The molecule has 0 aromatic heterocycles. The van der Waals surface area contributed by atoms with Crippen LogP contribution in [0.4, 0.5) is 34.1 Å². The highest BCUT2D eigenvalue weighted by Crippen LogP contribution is 2.40. The van der Waals surface area contributed by atoms with Crippen molar-refractivity contribution in [3.63, 3.8) is 0 Å². The van der Waals surface area contributed by atoms with Gasteiger partial charge in [-0.15, -0.1) is 0 Å². The average Bonchev–Trinajstić information content (AvgIpc) is 2.86. The van der Waals surface area contributed by atoms with Crippen LogP contribution in [0.1, 0.15) is 11.1 Å². The lowest BCUT2D eigenvalue weighted by atomic mass is 10.1. The van der Waals surface area contributed by atoms with Gasteiger partial charge in [0.1, 0.15) is 0 Å². The molecule has 5 aromatic carbocycles. The van der Waals surface area contributed by atoms with Crippen LogP contribution in [-0.4, -0.2) is 0 Å². The summed E-state index contributed by atoms with van der Waals surface area (Å²) < 4.78 is 0. The van der Waals surface area contributed by atoms with E-state index in [1.165, 1.54) is 11.1 Å². The molecule has 0 atom stereocenters. The summed E-state index contributed by atoms with van der Waals surface area (Å²) >= 11 is 0. The molecule has 0 aliphatic heterocycles. The first kappa shape index (κ1) is 21.5. The van der Waals surface area contributed by atoms with E-state index in [2.05, 4.69) is 157 Å². The van der Waals surface area contributed by atoms with E-state index in [1.54, 1.807) is 0 Å². The fourth-order valence-corrected chi connectivity index (χ4v) is 4.35. The maximum atomic E-state index is 2.32. The van der Waals surface area contributed by atoms with E-state index in [0.29, 0.717) is 0 Å². The molecule has 0 aliphatic rings. The van der Waals surface area contributed by atoms with E-state index < -0.39 is 0 Å². The predicted octanol–water partition coefficient (Wildman–Crippen LogP) is 9.24. The van der Waals surface area contributed by atoms with E-state index in [9.17, 15) is 0 Å². The predicted molar refractivity (Wildman–Crippen MR) is 145 cm³/mol. The molecule has 0 saturated heterocycles. The van der Waals surface area contributed by atoms with Crippen LogP contribution in [0.5, 0.6) is 0 Å². The quantitative estimate of drug-likeness (QED) is 0.259. The molecule has 2 nitrogen and oxygen atoms in total. The van der Waals surface area contributed by atoms with Crippen LogP contribution in [0.15, 0.2) is 133 Å². The molecule has 5 rings (SSSR count). The summed E-state index contributed by atoms with van der Waals surface area (Å²) in [7, 11) is 0. The zero-order chi connectivity index (χ0) is 23.3. The number of para-hydroxylation sites is 2. The molecule has 0 N–H and O–H groups in total. The van der Waals surface area contributed by atoms with Gasteiger partial charge in [-0.25, -0.2) is 0 Å². The summed E-state index contributed by atoms with van der Waals surface area (Å²) in [4.78, 5) is 4.63. The van der Waals surface area contributed by atoms with Crippen molar-refractivity contribution in [2.45, 2.75) is 13.8 Å². The van der Waals surface area contributed by atoms with E-state index in [0.717, 1.165) is 34.1 Å². The molecule has 0 saturated carbocycles. The highest BCUT2D eigenvalue weighted by Gasteiger charge is 2.17. The van der Waals surface area contributed by atoms with Gasteiger partial charge in [0, 0.05) is 34.1 Å². The van der Waals surface area contributed by atoms with Gasteiger partial charge in [-0.3, -0.25) is 0 Å². The third kappa shape index (κ3) is 4.57. The van der Waals surface area contributed by atoms with E-state index in [4.69, 9.17) is 0 Å². The van der Waals surface area contributed by atoms with Crippen LogP contribution < -0.4 is 9.80 Å². The van der Waals surface area contributed by atoms with Gasteiger partial charge < -0.3 is 9.80 Å². The third-order valence-electron chi connectivity index (χ3n) is 5.89. The molecule has 0 spiro atoms. The zero-order valence-corrected chi connectivity index (χ0v) is 19.6. The number of benzene rings is 5. The maximum Gasteiger partial charge on any atom is 0.0482 e. The topological polar surface area (TPSA) is 6.48 Å². The first-order chi connectivity index (χ1) is 16.7. The van der Waals surface area contributed by atoms with E-state index >= 15 is 0 Å². The van der Waals surface area contributed by atoms with Gasteiger partial charge in [0.2, 0.25) is 0 Å². The highest BCUT2D eigenvalue weighted by molar-refractivity contribution is 5.83. The molecule has 34 heavy (non-hydrogen) atoms. The maximum absolute atomic E-state index is 2.32. The first-order valence-electron chi connectivity index (χ1n) is 11.6. The summed E-state index contributed by atoms with van der Waals surface area (Å²) in [6, 6.07) is 47.2. The van der Waals surface area contributed by atoms with Crippen molar-refractivity contribution in [3.8, 4) is 0 Å². The molecule has 0 bridgehead atoms. The van der Waals surface area contributed by atoms with Gasteiger partial charge in [0.15, 0.2) is 0 Å². The van der Waals surface area contributed by atoms with Crippen molar-refractivity contribution in [3.05, 3.63) is 145 Å². The lowest BCUT2D eigenvalue weighted by Gasteiger charge is -2.29. The number of nitrogens with zero attached hydrogens (tertiary/aromatic N) is 2. The lowest BCUT2D eigenvalue weighted by Crippen LogP contribution is -2.13. The Morgan fingerprint density at radius 3 is 1.03 bits per heavy atom. The molecule has 0 aliphatic carbocycles.